The molecule has 0 amide bonds. The predicted octanol–water partition coefficient (Wildman–Crippen LogP) is 5.18. The molecule has 2 aliphatic rings. The van der Waals surface area contributed by atoms with Gasteiger partial charge in [0.2, 0.25) is 5.95 Å². The first-order valence-corrected chi connectivity index (χ1v) is 12.0. The molecule has 1 unspecified atom stereocenters. The van der Waals surface area contributed by atoms with Gasteiger partial charge < -0.3 is 20.5 Å². The van der Waals surface area contributed by atoms with E-state index in [4.69, 9.17) is 15.6 Å². The van der Waals surface area contributed by atoms with Gasteiger partial charge in [-0.25, -0.2) is 13.8 Å². The summed E-state index contributed by atoms with van der Waals surface area (Å²) in [6.45, 7) is 2.12. The molecule has 0 bridgehead atoms. The Bertz CT molecular complexity index is 1420. The molecule has 0 spiro atoms. The van der Waals surface area contributed by atoms with E-state index in [-0.39, 0.29) is 30.0 Å². The van der Waals surface area contributed by atoms with Gasteiger partial charge in [-0.05, 0) is 85.6 Å². The van der Waals surface area contributed by atoms with Crippen LogP contribution in [0.2, 0.25) is 0 Å². The topological polar surface area (TPSA) is 76.5 Å². The lowest BCUT2D eigenvalue weighted by Gasteiger charge is -2.25. The van der Waals surface area contributed by atoms with Crippen LogP contribution in [0.1, 0.15) is 35.1 Å². The summed E-state index contributed by atoms with van der Waals surface area (Å²) in [4.78, 5) is 6.49. The highest BCUT2D eigenvalue weighted by molar-refractivity contribution is 5.96. The molecule has 3 N–H and O–H groups in total. The number of likely N-dealkylation sites (tertiary alicyclic amines) is 1. The number of halogens is 3. The van der Waals surface area contributed by atoms with Gasteiger partial charge in [-0.2, -0.15) is 0 Å². The fraction of sp³-hybridized carbons (Fsp3) is 0.250. The number of aliphatic hydroxyl groups is 1. The van der Waals surface area contributed by atoms with Crippen LogP contribution in [-0.2, 0) is 6.61 Å². The van der Waals surface area contributed by atoms with Gasteiger partial charge >= 0.3 is 0 Å². The van der Waals surface area contributed by atoms with Crippen LogP contribution >= 0.6 is 0 Å². The van der Waals surface area contributed by atoms with Crippen LogP contribution in [0, 0.1) is 11.6 Å². The van der Waals surface area contributed by atoms with Crippen molar-refractivity contribution in [1.82, 2.24) is 14.7 Å². The van der Waals surface area contributed by atoms with Gasteiger partial charge in [0.1, 0.15) is 29.5 Å². The highest BCUT2D eigenvalue weighted by Gasteiger charge is 2.21. The van der Waals surface area contributed by atoms with Crippen LogP contribution in [0.3, 0.4) is 0 Å². The first-order chi connectivity index (χ1) is 17.8. The Hall–Kier alpha value is -3.82. The Labute approximate surface area is 212 Å². The minimum atomic E-state index is -0.425. The zero-order chi connectivity index (χ0) is 26.1. The summed E-state index contributed by atoms with van der Waals surface area (Å²) in [5.74, 6) is -0.666. The van der Waals surface area contributed by atoms with Crippen molar-refractivity contribution in [2.75, 3.05) is 25.9 Å². The summed E-state index contributed by atoms with van der Waals surface area (Å²) >= 11 is 0. The lowest BCUT2D eigenvalue weighted by molar-refractivity contribution is 0.0846. The first-order valence-electron chi connectivity index (χ1n) is 12.0. The van der Waals surface area contributed by atoms with Gasteiger partial charge in [0, 0.05) is 23.7 Å². The number of piperidine rings is 1. The monoisotopic (exact) mass is 508 g/mol. The third-order valence-corrected chi connectivity index (χ3v) is 6.53. The third-order valence-electron chi connectivity index (χ3n) is 6.53. The van der Waals surface area contributed by atoms with Crippen LogP contribution in [-0.4, -0.2) is 46.0 Å². The Morgan fingerprint density at radius 3 is 2.54 bits per heavy atom. The number of hydrogen-bond acceptors (Lipinski definition) is 5. The van der Waals surface area contributed by atoms with E-state index < -0.39 is 5.82 Å². The van der Waals surface area contributed by atoms with Gasteiger partial charge in [0.05, 0.1) is 11.6 Å². The van der Waals surface area contributed by atoms with Crippen molar-refractivity contribution in [3.63, 3.8) is 0 Å². The summed E-state index contributed by atoms with van der Waals surface area (Å²) in [5.41, 5.74) is 9.76. The van der Waals surface area contributed by atoms with Crippen molar-refractivity contribution in [2.24, 2.45) is 0 Å². The molecule has 1 fully saturated rings. The number of imidazole rings is 1. The standard InChI is InChI=1S/C22H14F3N3O.C6H13NO/c23-14-2-4-16-13(9-14)11-29-21-10-15(24)3-5-17(21)18(16)7-12-1-6-20-19(8-12)27-22(26)28(20)25;1-7-4-2-3-6(8)5-7/h1-10H,11H2,(H2,26,27);6,8H,2-5H2,1H3/b18-7+;. The lowest BCUT2D eigenvalue weighted by Crippen LogP contribution is -2.34. The summed E-state index contributed by atoms with van der Waals surface area (Å²) < 4.78 is 47.2. The molecule has 0 saturated carbocycles. The number of β-amino-alcohol motifs (C(OH)–C–C–N with tert-alkyl or cyclic N) is 1. The van der Waals surface area contributed by atoms with Crippen molar-refractivity contribution in [3.05, 3.63) is 88.5 Å². The maximum absolute atomic E-state index is 13.9. The molecule has 2 aliphatic heterocycles. The molecule has 0 aliphatic carbocycles. The van der Waals surface area contributed by atoms with Crippen molar-refractivity contribution < 1.29 is 23.1 Å². The summed E-state index contributed by atoms with van der Waals surface area (Å²) in [5, 5.41) is 9.04. The van der Waals surface area contributed by atoms with Crippen molar-refractivity contribution in [2.45, 2.75) is 25.6 Å². The SMILES string of the molecule is CN1CCCC(O)C1.Nc1nc2cc(/C=C3\c4ccc(F)cc4COc4cc(F)ccc43)ccc2n1F. The molecule has 192 valence electrons. The Kier molecular flexibility index (Phi) is 6.90. The molecule has 3 heterocycles. The molecule has 37 heavy (non-hydrogen) atoms. The molecule has 3 aromatic carbocycles. The van der Waals surface area contributed by atoms with E-state index in [1.165, 1.54) is 24.3 Å². The average molecular weight is 509 g/mol. The largest absolute Gasteiger partial charge is 0.488 e. The maximum atomic E-state index is 13.9. The van der Waals surface area contributed by atoms with Crippen molar-refractivity contribution in [3.8, 4) is 5.75 Å². The molecular weight excluding hydrogens is 481 g/mol. The molecule has 1 saturated heterocycles. The van der Waals surface area contributed by atoms with E-state index in [9.17, 15) is 13.3 Å². The van der Waals surface area contributed by atoms with Gasteiger partial charge in [-0.3, -0.25) is 0 Å². The van der Waals surface area contributed by atoms with E-state index in [0.717, 1.165) is 42.6 Å². The number of benzene rings is 3. The van der Waals surface area contributed by atoms with Gasteiger partial charge in [-0.15, -0.1) is 4.79 Å². The van der Waals surface area contributed by atoms with E-state index in [2.05, 4.69) is 9.88 Å². The molecule has 9 heteroatoms. The molecule has 1 aromatic heterocycles. The van der Waals surface area contributed by atoms with Gasteiger partial charge in [0.25, 0.3) is 0 Å². The number of nitrogen functional groups attached to an aromatic ring is 1. The van der Waals surface area contributed by atoms with E-state index in [0.29, 0.717) is 27.2 Å². The summed E-state index contributed by atoms with van der Waals surface area (Å²) in [6.07, 6.45) is 3.94. The van der Waals surface area contributed by atoms with E-state index >= 15 is 0 Å². The number of anilines is 1. The average Bonchev–Trinajstić information content (AvgIpc) is 3.05. The van der Waals surface area contributed by atoms with Crippen LogP contribution in [0.25, 0.3) is 22.7 Å². The second kappa shape index (κ2) is 10.3. The highest BCUT2D eigenvalue weighted by Crippen LogP contribution is 2.38. The van der Waals surface area contributed by atoms with Crippen molar-refractivity contribution >= 4 is 28.6 Å². The third kappa shape index (κ3) is 5.33. The number of ether oxygens (including phenoxy) is 1. The number of likely N-dealkylation sites (N-methyl/N-ethyl adjacent to an activating group) is 1. The second-order valence-corrected chi connectivity index (χ2v) is 9.35. The van der Waals surface area contributed by atoms with E-state index in [1.807, 2.05) is 13.1 Å². The molecule has 6 nitrogen and oxygen atoms in total. The molecule has 1 atom stereocenters. The molecule has 0 radical (unpaired) electrons. The first kappa shape index (κ1) is 24.9. The number of nitrogens with zero attached hydrogens (tertiary/aromatic N) is 3. The number of aromatic nitrogens is 2. The zero-order valence-electron chi connectivity index (χ0n) is 20.3. The van der Waals surface area contributed by atoms with Crippen molar-refractivity contribution in [1.29, 1.82) is 0 Å². The smallest absolute Gasteiger partial charge is 0.230 e. The zero-order valence-corrected chi connectivity index (χ0v) is 20.3. The van der Waals surface area contributed by atoms with Gasteiger partial charge in [-0.1, -0.05) is 16.6 Å². The lowest BCUT2D eigenvalue weighted by atomic mass is 9.92. The number of nitrogens with two attached hydrogens (primary N) is 1. The number of hydrogen-bond donors (Lipinski definition) is 2. The Morgan fingerprint density at radius 1 is 1.05 bits per heavy atom. The number of fused-ring (bicyclic) bond motifs is 3. The Morgan fingerprint density at radius 2 is 1.81 bits per heavy atom. The van der Waals surface area contributed by atoms with E-state index in [1.54, 1.807) is 30.3 Å². The maximum Gasteiger partial charge on any atom is 0.230 e. The number of aliphatic hydroxyl groups excluding tert-OH is 1. The molecule has 6 rings (SSSR count). The summed E-state index contributed by atoms with van der Waals surface area (Å²) in [7, 11) is 2.04. The molecular formula is C28H27F3N4O2. The normalized spacial score (nSPS) is 18.4. The second-order valence-electron chi connectivity index (χ2n) is 9.35. The molecule has 4 aromatic rings. The summed E-state index contributed by atoms with van der Waals surface area (Å²) in [6, 6.07) is 13.7. The minimum Gasteiger partial charge on any atom is -0.488 e. The van der Waals surface area contributed by atoms with Crippen LogP contribution < -0.4 is 10.5 Å². The Balaban J connectivity index is 0.000000301. The number of rotatable bonds is 1. The van der Waals surface area contributed by atoms with Crippen LogP contribution in [0.4, 0.5) is 19.2 Å². The fourth-order valence-corrected chi connectivity index (χ4v) is 4.72. The quantitative estimate of drug-likeness (QED) is 0.370. The fourth-order valence-electron chi connectivity index (χ4n) is 4.72. The van der Waals surface area contributed by atoms with Gasteiger partial charge in [0.15, 0.2) is 0 Å². The highest BCUT2D eigenvalue weighted by atomic mass is 19.2. The van der Waals surface area contributed by atoms with Crippen LogP contribution in [0.5, 0.6) is 5.75 Å². The predicted molar refractivity (Wildman–Crippen MR) is 137 cm³/mol. The minimum absolute atomic E-state index is 0.0613. The van der Waals surface area contributed by atoms with Crippen LogP contribution in [0.15, 0.2) is 54.6 Å².